The minimum atomic E-state index is -3.71. The van der Waals surface area contributed by atoms with Gasteiger partial charge >= 0.3 is 0 Å². The van der Waals surface area contributed by atoms with E-state index in [1.54, 1.807) is 31.9 Å². The third-order valence-corrected chi connectivity index (χ3v) is 7.05. The first-order valence-electron chi connectivity index (χ1n) is 7.02. The van der Waals surface area contributed by atoms with Crippen molar-refractivity contribution < 1.29 is 13.2 Å². The van der Waals surface area contributed by atoms with Gasteiger partial charge in [-0.15, -0.1) is 10.2 Å². The second-order valence-electron chi connectivity index (χ2n) is 4.84. The molecular weight excluding hydrogens is 354 g/mol. The van der Waals surface area contributed by atoms with Crippen LogP contribution in [0.3, 0.4) is 0 Å². The van der Waals surface area contributed by atoms with Gasteiger partial charge in [0.15, 0.2) is 4.34 Å². The molecule has 1 aromatic carbocycles. The zero-order chi connectivity index (χ0) is 17.0. The summed E-state index contributed by atoms with van der Waals surface area (Å²) in [6.45, 7) is 5.67. The molecule has 1 heterocycles. The van der Waals surface area contributed by atoms with E-state index in [-0.39, 0.29) is 10.0 Å². The third-order valence-electron chi connectivity index (χ3n) is 3.26. The van der Waals surface area contributed by atoms with Crippen molar-refractivity contribution in [1.29, 1.82) is 0 Å². The number of rotatable bonds is 7. The number of aromatic nitrogens is 2. The first-order chi connectivity index (χ1) is 10.9. The Bertz CT molecular complexity index is 788. The smallest absolute Gasteiger partial charge is 0.263 e. The van der Waals surface area contributed by atoms with Crippen molar-refractivity contribution in [2.45, 2.75) is 36.4 Å². The summed E-state index contributed by atoms with van der Waals surface area (Å²) in [5.74, 6) is 1.59. The molecular formula is C14H19N3O3S3. The van der Waals surface area contributed by atoms with Gasteiger partial charge in [-0.2, -0.15) is 0 Å². The lowest BCUT2D eigenvalue weighted by molar-refractivity contribution is 0.411. The summed E-state index contributed by atoms with van der Waals surface area (Å²) >= 11 is 2.80. The molecule has 23 heavy (non-hydrogen) atoms. The normalized spacial score (nSPS) is 11.5. The lowest BCUT2D eigenvalue weighted by Crippen LogP contribution is -2.14. The number of hydrogen-bond acceptors (Lipinski definition) is 7. The van der Waals surface area contributed by atoms with Crippen LogP contribution in [0.25, 0.3) is 0 Å². The topological polar surface area (TPSA) is 81.2 Å². The van der Waals surface area contributed by atoms with Gasteiger partial charge in [-0.05, 0) is 43.5 Å². The molecule has 0 aliphatic carbocycles. The Morgan fingerprint density at radius 2 is 2.00 bits per heavy atom. The molecule has 0 atom stereocenters. The first kappa shape index (κ1) is 18.0. The van der Waals surface area contributed by atoms with E-state index in [9.17, 15) is 8.42 Å². The molecule has 0 fully saturated rings. The van der Waals surface area contributed by atoms with E-state index in [1.165, 1.54) is 17.4 Å². The van der Waals surface area contributed by atoms with Crippen LogP contribution in [0.1, 0.15) is 24.5 Å². The molecule has 0 aliphatic rings. The highest BCUT2D eigenvalue weighted by molar-refractivity contribution is 8.01. The summed E-state index contributed by atoms with van der Waals surface area (Å²) in [6, 6.07) is 3.19. The zero-order valence-electron chi connectivity index (χ0n) is 13.4. The number of nitrogens with one attached hydrogen (secondary N) is 1. The molecule has 0 saturated carbocycles. The van der Waals surface area contributed by atoms with Gasteiger partial charge in [0.1, 0.15) is 5.75 Å². The average Bonchev–Trinajstić information content (AvgIpc) is 2.94. The van der Waals surface area contributed by atoms with E-state index < -0.39 is 10.0 Å². The van der Waals surface area contributed by atoms with E-state index in [0.29, 0.717) is 11.3 Å². The largest absolute Gasteiger partial charge is 0.496 e. The number of thioether (sulfide) groups is 1. The summed E-state index contributed by atoms with van der Waals surface area (Å²) in [4.78, 5) is 0.216. The maximum absolute atomic E-state index is 12.6. The number of methoxy groups -OCH3 is 1. The van der Waals surface area contributed by atoms with Gasteiger partial charge in [-0.3, -0.25) is 4.72 Å². The van der Waals surface area contributed by atoms with Gasteiger partial charge in [-0.1, -0.05) is 30.0 Å². The van der Waals surface area contributed by atoms with Gasteiger partial charge in [0.05, 0.1) is 12.0 Å². The molecule has 1 aromatic heterocycles. The van der Waals surface area contributed by atoms with E-state index in [0.717, 1.165) is 22.1 Å². The second-order valence-corrected chi connectivity index (χ2v) is 8.81. The maximum atomic E-state index is 12.6. The van der Waals surface area contributed by atoms with Crippen LogP contribution in [-0.2, 0) is 10.0 Å². The van der Waals surface area contributed by atoms with Crippen LogP contribution in [0.4, 0.5) is 5.13 Å². The number of sulfonamides is 1. The zero-order valence-corrected chi connectivity index (χ0v) is 15.9. The Hall–Kier alpha value is -1.32. The lowest BCUT2D eigenvalue weighted by atomic mass is 10.1. The predicted octanol–water partition coefficient (Wildman–Crippen LogP) is 3.47. The molecule has 0 aliphatic heterocycles. The average molecular weight is 374 g/mol. The molecule has 2 aromatic rings. The third kappa shape index (κ3) is 4.15. The number of nitrogens with zero attached hydrogens (tertiary/aromatic N) is 2. The fourth-order valence-corrected chi connectivity index (χ4v) is 5.16. The number of anilines is 1. The number of ether oxygens (including phenoxy) is 1. The fourth-order valence-electron chi connectivity index (χ4n) is 1.95. The van der Waals surface area contributed by atoms with E-state index in [1.807, 2.05) is 6.92 Å². The van der Waals surface area contributed by atoms with Crippen molar-refractivity contribution in [2.75, 3.05) is 17.6 Å². The molecule has 0 spiro atoms. The van der Waals surface area contributed by atoms with Crippen molar-refractivity contribution in [3.05, 3.63) is 23.3 Å². The first-order valence-corrected chi connectivity index (χ1v) is 10.3. The fraction of sp³-hybridized carbons (Fsp3) is 0.429. The molecule has 126 valence electrons. The minimum absolute atomic E-state index is 0.216. The SMILES string of the molecule is CCCSc1nnc(NS(=O)(=O)c2ccc(OC)c(C)c2C)s1. The molecule has 9 heteroatoms. The summed E-state index contributed by atoms with van der Waals surface area (Å²) in [5, 5.41) is 8.16. The van der Waals surface area contributed by atoms with Crippen LogP contribution in [0, 0.1) is 13.8 Å². The summed E-state index contributed by atoms with van der Waals surface area (Å²) < 4.78 is 33.6. The van der Waals surface area contributed by atoms with Crippen LogP contribution < -0.4 is 9.46 Å². The molecule has 0 saturated heterocycles. The minimum Gasteiger partial charge on any atom is -0.496 e. The van der Waals surface area contributed by atoms with E-state index in [2.05, 4.69) is 21.8 Å². The highest BCUT2D eigenvalue weighted by atomic mass is 32.2. The van der Waals surface area contributed by atoms with Crippen LogP contribution in [0.2, 0.25) is 0 Å². The molecule has 0 amide bonds. The Morgan fingerprint density at radius 1 is 1.26 bits per heavy atom. The molecule has 0 unspecified atom stereocenters. The molecule has 0 radical (unpaired) electrons. The monoisotopic (exact) mass is 373 g/mol. The Labute approximate surface area is 144 Å². The van der Waals surface area contributed by atoms with E-state index in [4.69, 9.17) is 4.74 Å². The summed E-state index contributed by atoms with van der Waals surface area (Å²) in [7, 11) is -2.15. The Morgan fingerprint density at radius 3 is 2.65 bits per heavy atom. The van der Waals surface area contributed by atoms with Gasteiger partial charge in [0.25, 0.3) is 10.0 Å². The Kier molecular flexibility index (Phi) is 5.88. The van der Waals surface area contributed by atoms with Crippen molar-refractivity contribution in [3.63, 3.8) is 0 Å². The van der Waals surface area contributed by atoms with Crippen LogP contribution in [0.15, 0.2) is 21.4 Å². The number of benzene rings is 1. The summed E-state index contributed by atoms with van der Waals surface area (Å²) in [6.07, 6.45) is 1.02. The van der Waals surface area contributed by atoms with E-state index >= 15 is 0 Å². The van der Waals surface area contributed by atoms with Gasteiger partial charge in [-0.25, -0.2) is 8.42 Å². The second kappa shape index (κ2) is 7.50. The highest BCUT2D eigenvalue weighted by Gasteiger charge is 2.21. The standard InChI is InChI=1S/C14H19N3O3S3/c1-5-8-21-14-16-15-13(22-14)17-23(18,19)12-7-6-11(20-4)9(2)10(12)3/h6-7H,5,8H2,1-4H3,(H,15,17). The van der Waals surface area contributed by atoms with Crippen molar-refractivity contribution in [3.8, 4) is 5.75 Å². The van der Waals surface area contributed by atoms with Gasteiger partial charge in [0.2, 0.25) is 5.13 Å². The Balaban J connectivity index is 2.25. The van der Waals surface area contributed by atoms with Crippen LogP contribution in [-0.4, -0.2) is 31.5 Å². The highest BCUT2D eigenvalue weighted by Crippen LogP contribution is 2.30. The van der Waals surface area contributed by atoms with Crippen molar-refractivity contribution >= 4 is 38.3 Å². The van der Waals surface area contributed by atoms with Gasteiger partial charge in [0, 0.05) is 5.75 Å². The molecule has 0 bridgehead atoms. The molecule has 2 rings (SSSR count). The summed E-state index contributed by atoms with van der Waals surface area (Å²) in [5.41, 5.74) is 1.45. The quantitative estimate of drug-likeness (QED) is 0.749. The van der Waals surface area contributed by atoms with Crippen LogP contribution in [0.5, 0.6) is 5.75 Å². The molecule has 1 N–H and O–H groups in total. The number of hydrogen-bond donors (Lipinski definition) is 1. The van der Waals surface area contributed by atoms with Crippen molar-refractivity contribution in [2.24, 2.45) is 0 Å². The predicted molar refractivity (Wildman–Crippen MR) is 94.2 cm³/mol. The molecule has 6 nitrogen and oxygen atoms in total. The lowest BCUT2D eigenvalue weighted by Gasteiger charge is -2.13. The van der Waals surface area contributed by atoms with Crippen molar-refractivity contribution in [1.82, 2.24) is 10.2 Å². The van der Waals surface area contributed by atoms with Crippen LogP contribution >= 0.6 is 23.1 Å². The van der Waals surface area contributed by atoms with Gasteiger partial charge < -0.3 is 4.74 Å². The maximum Gasteiger partial charge on any atom is 0.263 e.